The molecule has 0 saturated carbocycles. The normalized spacial score (nSPS) is 22.3. The Bertz CT molecular complexity index is 245. The molecule has 0 radical (unpaired) electrons. The van der Waals surface area contributed by atoms with Crippen LogP contribution >= 0.6 is 0 Å². The van der Waals surface area contributed by atoms with Gasteiger partial charge in [-0.1, -0.05) is 6.08 Å². The third-order valence-electron chi connectivity index (χ3n) is 2.14. The Morgan fingerprint density at radius 3 is 2.80 bits per heavy atom. The van der Waals surface area contributed by atoms with Gasteiger partial charge in [-0.05, 0) is 20.8 Å². The molecular weight excluding hydrogens is 192 g/mol. The molecule has 86 valence electrons. The number of nitrogens with one attached hydrogen (secondary N) is 1. The van der Waals surface area contributed by atoms with Crippen molar-refractivity contribution in [2.45, 2.75) is 32.4 Å². The van der Waals surface area contributed by atoms with Gasteiger partial charge in [0, 0.05) is 25.7 Å². The van der Waals surface area contributed by atoms with Gasteiger partial charge in [-0.15, -0.1) is 6.58 Å². The molecule has 1 saturated heterocycles. The van der Waals surface area contributed by atoms with Crippen molar-refractivity contribution in [1.82, 2.24) is 10.2 Å². The van der Waals surface area contributed by atoms with Crippen molar-refractivity contribution in [3.05, 3.63) is 12.7 Å². The molecule has 1 atom stereocenters. The van der Waals surface area contributed by atoms with Gasteiger partial charge < -0.3 is 15.0 Å². The van der Waals surface area contributed by atoms with Gasteiger partial charge in [-0.25, -0.2) is 4.79 Å². The second-order valence-electron chi connectivity index (χ2n) is 4.72. The first-order valence-electron chi connectivity index (χ1n) is 5.26. The summed E-state index contributed by atoms with van der Waals surface area (Å²) in [6.07, 6.45) is 1.58. The zero-order valence-corrected chi connectivity index (χ0v) is 9.75. The number of nitrogens with zero attached hydrogens (tertiary/aromatic N) is 1. The molecule has 0 aromatic rings. The minimum atomic E-state index is -0.425. The number of hydrogen-bond donors (Lipinski definition) is 1. The predicted molar refractivity (Wildman–Crippen MR) is 59.8 cm³/mol. The summed E-state index contributed by atoms with van der Waals surface area (Å²) in [5.74, 6) is 0. The molecule has 1 rings (SSSR count). The van der Waals surface area contributed by atoms with E-state index >= 15 is 0 Å². The summed E-state index contributed by atoms with van der Waals surface area (Å²) in [6.45, 7) is 11.4. The number of amides is 1. The molecule has 1 amide bonds. The highest BCUT2D eigenvalue weighted by atomic mass is 16.6. The lowest BCUT2D eigenvalue weighted by Gasteiger charge is -2.33. The molecule has 1 N–H and O–H groups in total. The first-order valence-corrected chi connectivity index (χ1v) is 5.26. The molecule has 15 heavy (non-hydrogen) atoms. The molecule has 1 aliphatic rings. The van der Waals surface area contributed by atoms with Gasteiger partial charge >= 0.3 is 6.09 Å². The fourth-order valence-corrected chi connectivity index (χ4v) is 1.43. The Kier molecular flexibility index (Phi) is 3.74. The van der Waals surface area contributed by atoms with Crippen molar-refractivity contribution in [2.24, 2.45) is 0 Å². The second kappa shape index (κ2) is 4.66. The standard InChI is InChI=1S/C11H20N2O2/c1-5-9-8-13(7-6-12-9)10(14)15-11(2,3)4/h5,9,12H,1,6-8H2,2-4H3/t9-/m0/s1. The van der Waals surface area contributed by atoms with E-state index in [1.165, 1.54) is 0 Å². The number of carbonyl (C=O) groups excluding carboxylic acids is 1. The molecule has 0 aliphatic carbocycles. The van der Waals surface area contributed by atoms with Crippen LogP contribution in [0, 0.1) is 0 Å². The minimum absolute atomic E-state index is 0.172. The SMILES string of the molecule is C=C[C@H]1CN(C(=O)OC(C)(C)C)CCN1. The topological polar surface area (TPSA) is 41.6 Å². The highest BCUT2D eigenvalue weighted by Gasteiger charge is 2.25. The Hall–Kier alpha value is -1.03. The molecule has 1 heterocycles. The van der Waals surface area contributed by atoms with Gasteiger partial charge in [0.2, 0.25) is 0 Å². The smallest absolute Gasteiger partial charge is 0.410 e. The number of rotatable bonds is 1. The van der Waals surface area contributed by atoms with Crippen LogP contribution in [-0.2, 0) is 4.74 Å². The van der Waals surface area contributed by atoms with Gasteiger partial charge in [0.25, 0.3) is 0 Å². The first kappa shape index (κ1) is 12.0. The lowest BCUT2D eigenvalue weighted by Crippen LogP contribution is -2.52. The molecule has 0 spiro atoms. The Morgan fingerprint density at radius 1 is 1.60 bits per heavy atom. The lowest BCUT2D eigenvalue weighted by atomic mass is 10.2. The monoisotopic (exact) mass is 212 g/mol. The van der Waals surface area contributed by atoms with E-state index in [-0.39, 0.29) is 12.1 Å². The zero-order chi connectivity index (χ0) is 11.5. The van der Waals surface area contributed by atoms with Crippen molar-refractivity contribution in [2.75, 3.05) is 19.6 Å². The van der Waals surface area contributed by atoms with E-state index in [4.69, 9.17) is 4.74 Å². The summed E-state index contributed by atoms with van der Waals surface area (Å²) in [5.41, 5.74) is -0.425. The number of carbonyl (C=O) groups is 1. The molecule has 1 aliphatic heterocycles. The van der Waals surface area contributed by atoms with E-state index in [9.17, 15) is 4.79 Å². The maximum atomic E-state index is 11.7. The van der Waals surface area contributed by atoms with Crippen molar-refractivity contribution in [3.63, 3.8) is 0 Å². The minimum Gasteiger partial charge on any atom is -0.444 e. The van der Waals surface area contributed by atoms with Crippen LogP contribution in [0.25, 0.3) is 0 Å². The Labute approximate surface area is 91.3 Å². The number of hydrogen-bond acceptors (Lipinski definition) is 3. The number of ether oxygens (including phenoxy) is 1. The fourth-order valence-electron chi connectivity index (χ4n) is 1.43. The van der Waals surface area contributed by atoms with Crippen LogP contribution in [0.1, 0.15) is 20.8 Å². The second-order valence-corrected chi connectivity index (χ2v) is 4.72. The Balaban J connectivity index is 2.49. The average Bonchev–Trinajstić information content (AvgIpc) is 2.15. The van der Waals surface area contributed by atoms with Crippen LogP contribution in [0.2, 0.25) is 0 Å². The molecular formula is C11H20N2O2. The summed E-state index contributed by atoms with van der Waals surface area (Å²) in [4.78, 5) is 13.4. The molecule has 0 unspecified atom stereocenters. The maximum Gasteiger partial charge on any atom is 0.410 e. The molecule has 0 aromatic heterocycles. The summed E-state index contributed by atoms with van der Waals surface area (Å²) in [7, 11) is 0. The van der Waals surface area contributed by atoms with Crippen LogP contribution in [0.5, 0.6) is 0 Å². The molecule has 0 bridgehead atoms. The van der Waals surface area contributed by atoms with E-state index < -0.39 is 5.60 Å². The highest BCUT2D eigenvalue weighted by Crippen LogP contribution is 2.11. The molecule has 4 heteroatoms. The van der Waals surface area contributed by atoms with Gasteiger partial charge in [-0.3, -0.25) is 0 Å². The van der Waals surface area contributed by atoms with Gasteiger partial charge in [-0.2, -0.15) is 0 Å². The largest absolute Gasteiger partial charge is 0.444 e. The fraction of sp³-hybridized carbons (Fsp3) is 0.727. The quantitative estimate of drug-likeness (QED) is 0.668. The van der Waals surface area contributed by atoms with E-state index in [1.807, 2.05) is 26.8 Å². The van der Waals surface area contributed by atoms with E-state index in [1.54, 1.807) is 4.90 Å². The van der Waals surface area contributed by atoms with E-state index in [0.717, 1.165) is 6.54 Å². The third-order valence-corrected chi connectivity index (χ3v) is 2.14. The summed E-state index contributed by atoms with van der Waals surface area (Å²) in [6, 6.07) is 0.172. The van der Waals surface area contributed by atoms with E-state index in [0.29, 0.717) is 13.1 Å². The van der Waals surface area contributed by atoms with Gasteiger partial charge in [0.1, 0.15) is 5.60 Å². The van der Waals surface area contributed by atoms with E-state index in [2.05, 4.69) is 11.9 Å². The van der Waals surface area contributed by atoms with Crippen LogP contribution in [0.15, 0.2) is 12.7 Å². The lowest BCUT2D eigenvalue weighted by molar-refractivity contribution is 0.0210. The van der Waals surface area contributed by atoms with Gasteiger partial charge in [0.15, 0.2) is 0 Å². The van der Waals surface area contributed by atoms with Crippen molar-refractivity contribution >= 4 is 6.09 Å². The van der Waals surface area contributed by atoms with Crippen molar-refractivity contribution in [1.29, 1.82) is 0 Å². The van der Waals surface area contributed by atoms with Crippen LogP contribution in [0.3, 0.4) is 0 Å². The number of piperazine rings is 1. The molecule has 4 nitrogen and oxygen atoms in total. The van der Waals surface area contributed by atoms with Gasteiger partial charge in [0.05, 0.1) is 0 Å². The maximum absolute atomic E-state index is 11.7. The Morgan fingerprint density at radius 2 is 2.27 bits per heavy atom. The van der Waals surface area contributed by atoms with Crippen molar-refractivity contribution < 1.29 is 9.53 Å². The van der Waals surface area contributed by atoms with Crippen LogP contribution in [0.4, 0.5) is 4.79 Å². The molecule has 0 aromatic carbocycles. The predicted octanol–water partition coefficient (Wildman–Crippen LogP) is 1.38. The summed E-state index contributed by atoms with van der Waals surface area (Å²) < 4.78 is 5.29. The van der Waals surface area contributed by atoms with Crippen LogP contribution < -0.4 is 5.32 Å². The molecule has 1 fully saturated rings. The first-order chi connectivity index (χ1) is 6.92. The summed E-state index contributed by atoms with van der Waals surface area (Å²) in [5, 5.41) is 3.25. The van der Waals surface area contributed by atoms with Crippen molar-refractivity contribution in [3.8, 4) is 0 Å². The third kappa shape index (κ3) is 3.91. The van der Waals surface area contributed by atoms with Crippen LogP contribution in [-0.4, -0.2) is 42.3 Å². The average molecular weight is 212 g/mol. The zero-order valence-electron chi connectivity index (χ0n) is 9.75. The highest BCUT2D eigenvalue weighted by molar-refractivity contribution is 5.68. The summed E-state index contributed by atoms with van der Waals surface area (Å²) >= 11 is 0.